The van der Waals surface area contributed by atoms with E-state index in [1.807, 2.05) is 24.3 Å². The second kappa shape index (κ2) is 41.8. The van der Waals surface area contributed by atoms with Gasteiger partial charge in [-0.1, -0.05) is 146 Å². The summed E-state index contributed by atoms with van der Waals surface area (Å²) in [4.78, 5) is 76.7. The molecule has 526 valence electrons. The molecule has 11 rings (SSSR count). The molecule has 0 N–H and O–H groups in total. The first-order chi connectivity index (χ1) is 49.4. The van der Waals surface area contributed by atoms with Gasteiger partial charge in [0, 0.05) is 19.5 Å². The molecule has 2 aliphatic heterocycles. The molecule has 2 aliphatic rings. The maximum Gasteiger partial charge on any atom is 0.323 e. The van der Waals surface area contributed by atoms with Gasteiger partial charge < -0.3 is 28.4 Å². The third-order valence-electron chi connectivity index (χ3n) is 16.9. The number of ether oxygens (including phenoxy) is 6. The smallest absolute Gasteiger partial charge is 0.323 e. The fraction of sp³-hybridized carbons (Fsp3) is 0.298. The molecule has 2 fully saturated rings. The summed E-state index contributed by atoms with van der Waals surface area (Å²) in [6, 6.07) is 89.3. The highest BCUT2D eigenvalue weighted by Crippen LogP contribution is 2.34. The number of benzene rings is 9. The van der Waals surface area contributed by atoms with Crippen molar-refractivity contribution in [3.05, 3.63) is 271 Å². The van der Waals surface area contributed by atoms with Crippen molar-refractivity contribution in [2.24, 2.45) is 0 Å². The molecule has 0 amide bonds. The zero-order valence-electron chi connectivity index (χ0n) is 58.4. The van der Waals surface area contributed by atoms with Gasteiger partial charge in [-0.2, -0.15) is 0 Å². The Morgan fingerprint density at radius 3 is 1.10 bits per heavy atom. The first kappa shape index (κ1) is 76.4. The Balaban J connectivity index is 0.000000177. The van der Waals surface area contributed by atoms with Gasteiger partial charge in [0.1, 0.15) is 12.1 Å². The van der Waals surface area contributed by atoms with Crippen LogP contribution in [0, 0.1) is 0 Å². The van der Waals surface area contributed by atoms with Crippen molar-refractivity contribution in [3.63, 3.8) is 0 Å². The van der Waals surface area contributed by atoms with Gasteiger partial charge in [0.05, 0.1) is 98.6 Å². The van der Waals surface area contributed by atoms with E-state index in [9.17, 15) is 24.0 Å². The van der Waals surface area contributed by atoms with Crippen LogP contribution in [0.15, 0.2) is 299 Å². The summed E-state index contributed by atoms with van der Waals surface area (Å²) in [5.74, 6) is -1.40. The van der Waals surface area contributed by atoms with Crippen LogP contribution in [0.2, 0.25) is 0 Å². The van der Waals surface area contributed by atoms with E-state index in [0.717, 1.165) is 51.6 Å². The van der Waals surface area contributed by atoms with Crippen LogP contribution in [-0.4, -0.2) is 150 Å². The number of aryl methyl sites for hydroxylation is 3. The number of likely N-dealkylation sites (N-methyl/N-ethyl adjacent to an activating group) is 2. The number of nitrogens with zero attached hydrogens (tertiary/aromatic N) is 3. The highest BCUT2D eigenvalue weighted by molar-refractivity contribution is 7.97. The van der Waals surface area contributed by atoms with Gasteiger partial charge in [-0.05, 0) is 192 Å². The van der Waals surface area contributed by atoms with Crippen LogP contribution < -0.4 is 0 Å². The Labute approximate surface area is 605 Å². The predicted octanol–water partition coefficient (Wildman–Crippen LogP) is 14.2. The van der Waals surface area contributed by atoms with Gasteiger partial charge in [0.25, 0.3) is 0 Å². The Morgan fingerprint density at radius 1 is 0.436 bits per heavy atom. The molecule has 9 aromatic carbocycles. The third kappa shape index (κ3) is 24.8. The van der Waals surface area contributed by atoms with Crippen molar-refractivity contribution < 1.29 is 52.4 Å². The lowest BCUT2D eigenvalue weighted by atomic mass is 10.1. The molecule has 0 saturated carbocycles. The minimum atomic E-state index is -0.507. The number of carbonyl (C=O) groups is 5. The largest absolute Gasteiger partial charge is 0.465 e. The van der Waals surface area contributed by atoms with Crippen molar-refractivity contribution in [3.8, 4) is 0 Å². The molecule has 2 heterocycles. The van der Waals surface area contributed by atoms with Crippen molar-refractivity contribution in [1.82, 2.24) is 14.7 Å². The second-order valence-corrected chi connectivity index (χ2v) is 30.4. The molecule has 0 aliphatic carbocycles. The number of cyclic esters (lactones) is 1. The molecule has 0 radical (unpaired) electrons. The third-order valence-corrected chi connectivity index (χ3v) is 23.6. The molecule has 2 unspecified atom stereocenters. The van der Waals surface area contributed by atoms with Crippen molar-refractivity contribution in [2.45, 2.75) is 115 Å². The minimum Gasteiger partial charge on any atom is -0.465 e. The number of morpholine rings is 1. The zero-order valence-corrected chi connectivity index (χ0v) is 60.8. The zero-order chi connectivity index (χ0) is 70.8. The van der Waals surface area contributed by atoms with Crippen LogP contribution in [0.3, 0.4) is 0 Å². The molecular formula is C84H94N3O11S3+3. The fourth-order valence-corrected chi connectivity index (χ4v) is 17.6. The average molecular weight is 1420 g/mol. The Kier molecular flexibility index (Phi) is 31.6. The number of hydrogen-bond donors (Lipinski definition) is 0. The normalized spacial score (nSPS) is 13.9. The van der Waals surface area contributed by atoms with Crippen molar-refractivity contribution >= 4 is 62.5 Å². The summed E-state index contributed by atoms with van der Waals surface area (Å²) in [5.41, 5.74) is 3.69. The average Bonchev–Trinajstić information content (AvgIpc) is 1.51. The standard InChI is InChI=1S/C29H34NO4S.C28H30NO4S.C27H30NO3S/c1-4-33-28(31)22-30(3)23(2)29(32)34-21-11-12-24-17-19-27(20-18-24)35(25-13-7-5-8-14-25)26-15-9-6-10-16-26;1-29(26-18-20-33-28(26)31)21-27(30)32-19-8-9-22-14-16-25(17-15-22)34(23-10-4-2-5-11-23)24-12-6-3-7-13-24;29-27(22-28-17-20-30-21-18-28)31-19-7-8-23-13-15-26(16-14-23)32(24-9-3-1-4-10-24)25-11-5-2-6-12-25/h5-10,13-20,23H,4,11-12,21-22H2,1-3H3;2-7,10-17,26H,8-9,18-21H2,1H3;1-6,9-16H,7-8,17-22H2/q3*+1. The van der Waals surface area contributed by atoms with Crippen LogP contribution >= 0.6 is 0 Å². The molecule has 9 aromatic rings. The van der Waals surface area contributed by atoms with Crippen LogP contribution in [0.1, 0.15) is 56.2 Å². The van der Waals surface area contributed by atoms with Gasteiger partial charge >= 0.3 is 29.8 Å². The van der Waals surface area contributed by atoms with E-state index >= 15 is 0 Å². The lowest BCUT2D eigenvalue weighted by Gasteiger charge is -2.25. The quantitative estimate of drug-likeness (QED) is 0.0175. The molecule has 17 heteroatoms. The van der Waals surface area contributed by atoms with Crippen LogP contribution in [0.4, 0.5) is 0 Å². The maximum atomic E-state index is 12.3. The highest BCUT2D eigenvalue weighted by Gasteiger charge is 2.33. The predicted molar refractivity (Wildman–Crippen MR) is 400 cm³/mol. The van der Waals surface area contributed by atoms with Crippen LogP contribution in [-0.2, 0) is 104 Å². The maximum absolute atomic E-state index is 12.3. The van der Waals surface area contributed by atoms with Gasteiger partial charge in [-0.25, -0.2) is 0 Å². The molecule has 101 heavy (non-hydrogen) atoms. The molecule has 14 nitrogen and oxygen atoms in total. The Bertz CT molecular complexity index is 3780. The van der Waals surface area contributed by atoms with Crippen LogP contribution in [0.5, 0.6) is 0 Å². The van der Waals surface area contributed by atoms with E-state index < -0.39 is 6.04 Å². The molecule has 2 atom stereocenters. The topological polar surface area (TPSA) is 150 Å². The number of rotatable bonds is 31. The first-order valence-corrected chi connectivity index (χ1v) is 38.4. The number of hydrogen-bond acceptors (Lipinski definition) is 14. The lowest BCUT2D eigenvalue weighted by molar-refractivity contribution is -0.152. The SMILES string of the molecule is CCOC(=O)CN(C)C(C)C(=O)OCCCc1ccc([S+](c2ccccc2)c2ccccc2)cc1.CN(CC(=O)OCCCc1ccc([S+](c2ccccc2)c2ccccc2)cc1)C1CCOC1=O.O=C(CN1CCOCC1)OCCCc1ccc([S+](c2ccccc2)c2ccccc2)cc1. The summed E-state index contributed by atoms with van der Waals surface area (Å²) < 4.78 is 31.4. The summed E-state index contributed by atoms with van der Waals surface area (Å²) >= 11 is 0. The first-order valence-electron chi connectivity index (χ1n) is 34.7. The van der Waals surface area contributed by atoms with Gasteiger partial charge in [0.2, 0.25) is 0 Å². The summed E-state index contributed by atoms with van der Waals surface area (Å²) in [5, 5.41) is 0. The van der Waals surface area contributed by atoms with Crippen molar-refractivity contribution in [1.29, 1.82) is 0 Å². The molecular weight excluding hydrogens is 1320 g/mol. The molecule has 0 spiro atoms. The van der Waals surface area contributed by atoms with Gasteiger partial charge in [-0.3, -0.25) is 38.7 Å². The molecule has 0 bridgehead atoms. The van der Waals surface area contributed by atoms with Gasteiger partial charge in [0.15, 0.2) is 44.1 Å². The lowest BCUT2D eigenvalue weighted by Crippen LogP contribution is -2.40. The Hall–Kier alpha value is -8.78. The Morgan fingerprint density at radius 2 is 0.762 bits per heavy atom. The van der Waals surface area contributed by atoms with Gasteiger partial charge in [-0.15, -0.1) is 0 Å². The molecule has 0 aromatic heterocycles. The summed E-state index contributed by atoms with van der Waals surface area (Å²) in [7, 11) is 3.02. The number of carbonyl (C=O) groups excluding carboxylic acids is 5. The molecule has 2 saturated heterocycles. The highest BCUT2D eigenvalue weighted by atomic mass is 32.2. The second-order valence-electron chi connectivity index (χ2n) is 24.3. The van der Waals surface area contributed by atoms with E-state index in [0.29, 0.717) is 59.2 Å². The fourth-order valence-electron chi connectivity index (χ4n) is 11.4. The summed E-state index contributed by atoms with van der Waals surface area (Å²) in [6.07, 6.45) is 5.50. The summed E-state index contributed by atoms with van der Waals surface area (Å²) in [6.45, 7) is 8.90. The van der Waals surface area contributed by atoms with Crippen molar-refractivity contribution in [2.75, 3.05) is 93.1 Å². The number of esters is 5. The minimum absolute atomic E-state index is 0.0596. The van der Waals surface area contributed by atoms with E-state index in [2.05, 4.69) is 235 Å². The van der Waals surface area contributed by atoms with E-state index in [1.54, 1.807) is 37.7 Å². The van der Waals surface area contributed by atoms with E-state index in [-0.39, 0.29) is 81.7 Å². The van der Waals surface area contributed by atoms with Crippen LogP contribution in [0.25, 0.3) is 0 Å². The van der Waals surface area contributed by atoms with E-state index in [4.69, 9.17) is 28.4 Å². The monoisotopic (exact) mass is 1420 g/mol. The van der Waals surface area contributed by atoms with E-state index in [1.165, 1.54) is 60.7 Å².